The number of aromatic nitrogens is 1. The van der Waals surface area contributed by atoms with E-state index < -0.39 is 5.95 Å². The summed E-state index contributed by atoms with van der Waals surface area (Å²) >= 11 is 0. The normalized spacial score (nSPS) is 11.1. The summed E-state index contributed by atoms with van der Waals surface area (Å²) in [5.41, 5.74) is 0.868. The molecule has 0 aliphatic heterocycles. The maximum Gasteiger partial charge on any atom is 0.222 e. The summed E-state index contributed by atoms with van der Waals surface area (Å²) in [6, 6.07) is 3.16. The van der Waals surface area contributed by atoms with Gasteiger partial charge in [0, 0.05) is 11.9 Å². The molecule has 0 atom stereocenters. The Morgan fingerprint density at radius 2 is 2.43 bits per heavy atom. The van der Waals surface area contributed by atoms with Crippen molar-refractivity contribution in [3.8, 4) is 0 Å². The second-order valence-corrected chi connectivity index (χ2v) is 2.71. The lowest BCUT2D eigenvalue weighted by Gasteiger charge is -2.01. The lowest BCUT2D eigenvalue weighted by Crippen LogP contribution is -1.93. The monoisotopic (exact) mass is 191 g/mol. The molecule has 0 fully saturated rings. The molecule has 0 spiro atoms. The first-order chi connectivity index (χ1) is 6.65. The van der Waals surface area contributed by atoms with Gasteiger partial charge in [0.1, 0.15) is 0 Å². The minimum atomic E-state index is -0.604. The molecule has 1 heterocycles. The summed E-state index contributed by atoms with van der Waals surface area (Å²) in [4.78, 5) is 7.14. The zero-order chi connectivity index (χ0) is 10.6. The Hall–Kier alpha value is -1.84. The number of aliphatic imine (C=N–C) groups is 1. The standard InChI is InChI=1S/C10H10FN3/c1-7(12)6-9(13-2)8-4-3-5-14-10(8)11/h3-6,12H,2H2,1H3/b9-6-,12-7?. The van der Waals surface area contributed by atoms with Gasteiger partial charge in [-0.15, -0.1) is 0 Å². The SMILES string of the molecule is C=N/C(=C\C(C)=N)c1cccnc1F. The fourth-order valence-electron chi connectivity index (χ4n) is 0.991. The number of nitrogens with zero attached hydrogens (tertiary/aromatic N) is 2. The summed E-state index contributed by atoms with van der Waals surface area (Å²) in [5.74, 6) is -0.604. The van der Waals surface area contributed by atoms with Gasteiger partial charge in [-0.1, -0.05) is 0 Å². The molecule has 0 amide bonds. The third kappa shape index (κ3) is 2.32. The molecule has 1 aromatic heterocycles. The number of hydrogen-bond acceptors (Lipinski definition) is 3. The summed E-state index contributed by atoms with van der Waals surface area (Å²) in [5, 5.41) is 7.24. The third-order valence-corrected chi connectivity index (χ3v) is 1.56. The van der Waals surface area contributed by atoms with Gasteiger partial charge >= 0.3 is 0 Å². The van der Waals surface area contributed by atoms with Crippen LogP contribution in [0.1, 0.15) is 12.5 Å². The van der Waals surface area contributed by atoms with Crippen LogP contribution >= 0.6 is 0 Å². The Bertz CT molecular complexity index is 396. The van der Waals surface area contributed by atoms with E-state index in [9.17, 15) is 4.39 Å². The first-order valence-corrected chi connectivity index (χ1v) is 3.99. The fourth-order valence-corrected chi connectivity index (χ4v) is 0.991. The van der Waals surface area contributed by atoms with Crippen molar-refractivity contribution in [1.82, 2.24) is 4.98 Å². The Labute approximate surface area is 81.5 Å². The number of nitrogens with one attached hydrogen (secondary N) is 1. The van der Waals surface area contributed by atoms with Gasteiger partial charge in [-0.3, -0.25) is 4.99 Å². The molecule has 3 nitrogen and oxygen atoms in total. The van der Waals surface area contributed by atoms with Crippen molar-refractivity contribution >= 4 is 18.1 Å². The highest BCUT2D eigenvalue weighted by molar-refractivity contribution is 5.97. The van der Waals surface area contributed by atoms with Crippen LogP contribution in [-0.2, 0) is 0 Å². The first-order valence-electron chi connectivity index (χ1n) is 3.99. The van der Waals surface area contributed by atoms with Gasteiger partial charge in [-0.25, -0.2) is 4.98 Å². The highest BCUT2D eigenvalue weighted by atomic mass is 19.1. The highest BCUT2D eigenvalue weighted by Gasteiger charge is 2.06. The Balaban J connectivity index is 3.20. The number of pyridine rings is 1. The van der Waals surface area contributed by atoms with Gasteiger partial charge in [0.05, 0.1) is 11.3 Å². The van der Waals surface area contributed by atoms with Crippen LogP contribution in [-0.4, -0.2) is 17.4 Å². The Morgan fingerprint density at radius 3 is 2.93 bits per heavy atom. The van der Waals surface area contributed by atoms with Crippen LogP contribution in [0.15, 0.2) is 29.4 Å². The largest absolute Gasteiger partial charge is 0.306 e. The molecule has 4 heteroatoms. The molecule has 1 rings (SSSR count). The van der Waals surface area contributed by atoms with E-state index in [1.807, 2.05) is 0 Å². The minimum absolute atomic E-state index is 0.258. The fraction of sp³-hybridized carbons (Fsp3) is 0.100. The zero-order valence-electron chi connectivity index (χ0n) is 7.79. The molecule has 0 saturated heterocycles. The van der Waals surface area contributed by atoms with Crippen LogP contribution in [0.3, 0.4) is 0 Å². The summed E-state index contributed by atoms with van der Waals surface area (Å²) in [7, 11) is 0. The zero-order valence-corrected chi connectivity index (χ0v) is 7.79. The van der Waals surface area contributed by atoms with Gasteiger partial charge in [0.2, 0.25) is 5.95 Å². The quantitative estimate of drug-likeness (QED) is 0.578. The average molecular weight is 191 g/mol. The maximum atomic E-state index is 13.2. The van der Waals surface area contributed by atoms with Crippen molar-refractivity contribution in [2.45, 2.75) is 6.92 Å². The van der Waals surface area contributed by atoms with Crippen LogP contribution in [0.4, 0.5) is 4.39 Å². The topological polar surface area (TPSA) is 49.1 Å². The molecule has 0 aliphatic rings. The Kier molecular flexibility index (Phi) is 3.23. The van der Waals surface area contributed by atoms with E-state index >= 15 is 0 Å². The number of rotatable bonds is 3. The van der Waals surface area contributed by atoms with E-state index in [1.54, 1.807) is 19.1 Å². The lowest BCUT2D eigenvalue weighted by molar-refractivity contribution is 0.580. The number of allylic oxidation sites excluding steroid dienone is 1. The van der Waals surface area contributed by atoms with Crippen molar-refractivity contribution in [2.75, 3.05) is 0 Å². The molecule has 0 aliphatic carbocycles. The van der Waals surface area contributed by atoms with Crippen LogP contribution in [0, 0.1) is 11.4 Å². The summed E-state index contributed by atoms with van der Waals surface area (Å²) in [6.07, 6.45) is 2.80. The van der Waals surface area contributed by atoms with Crippen molar-refractivity contribution < 1.29 is 4.39 Å². The third-order valence-electron chi connectivity index (χ3n) is 1.56. The van der Waals surface area contributed by atoms with E-state index in [0.29, 0.717) is 5.70 Å². The molecule has 1 N–H and O–H groups in total. The Morgan fingerprint density at radius 1 is 1.71 bits per heavy atom. The van der Waals surface area contributed by atoms with Gasteiger partial charge in [0.15, 0.2) is 0 Å². The van der Waals surface area contributed by atoms with Crippen LogP contribution in [0.5, 0.6) is 0 Å². The summed E-state index contributed by atoms with van der Waals surface area (Å²) in [6.45, 7) is 4.90. The first kappa shape index (κ1) is 10.2. The van der Waals surface area contributed by atoms with Crippen LogP contribution < -0.4 is 0 Å². The summed E-state index contributed by atoms with van der Waals surface area (Å²) < 4.78 is 13.2. The number of halogens is 1. The molecule has 0 aromatic carbocycles. The van der Waals surface area contributed by atoms with E-state index in [1.165, 1.54) is 12.3 Å². The number of hydrogen-bond donors (Lipinski definition) is 1. The van der Waals surface area contributed by atoms with Crippen molar-refractivity contribution in [3.05, 3.63) is 35.9 Å². The molecular formula is C10H10FN3. The van der Waals surface area contributed by atoms with Crippen molar-refractivity contribution in [2.24, 2.45) is 4.99 Å². The molecule has 0 radical (unpaired) electrons. The second kappa shape index (κ2) is 4.41. The molecule has 0 unspecified atom stereocenters. The molecule has 72 valence electrons. The van der Waals surface area contributed by atoms with E-state index in [-0.39, 0.29) is 11.3 Å². The lowest BCUT2D eigenvalue weighted by atomic mass is 10.2. The van der Waals surface area contributed by atoms with Crippen molar-refractivity contribution in [3.63, 3.8) is 0 Å². The van der Waals surface area contributed by atoms with E-state index in [0.717, 1.165) is 0 Å². The molecule has 1 aromatic rings. The van der Waals surface area contributed by atoms with Gasteiger partial charge in [-0.2, -0.15) is 4.39 Å². The predicted octanol–water partition coefficient (Wildman–Crippen LogP) is 2.30. The van der Waals surface area contributed by atoms with Crippen LogP contribution in [0.25, 0.3) is 5.70 Å². The van der Waals surface area contributed by atoms with Gasteiger partial charge in [0.25, 0.3) is 0 Å². The average Bonchev–Trinajstić information content (AvgIpc) is 2.15. The van der Waals surface area contributed by atoms with E-state index in [4.69, 9.17) is 5.41 Å². The predicted molar refractivity (Wildman–Crippen MR) is 55.1 cm³/mol. The van der Waals surface area contributed by atoms with Gasteiger partial charge < -0.3 is 5.41 Å². The van der Waals surface area contributed by atoms with Crippen molar-refractivity contribution in [1.29, 1.82) is 5.41 Å². The van der Waals surface area contributed by atoms with Gasteiger partial charge in [-0.05, 0) is 31.9 Å². The maximum absolute atomic E-state index is 13.2. The highest BCUT2D eigenvalue weighted by Crippen LogP contribution is 2.16. The minimum Gasteiger partial charge on any atom is -0.306 e. The van der Waals surface area contributed by atoms with Crippen LogP contribution in [0.2, 0.25) is 0 Å². The smallest absolute Gasteiger partial charge is 0.222 e. The van der Waals surface area contributed by atoms with E-state index in [2.05, 4.69) is 16.7 Å². The molecule has 0 bridgehead atoms. The second-order valence-electron chi connectivity index (χ2n) is 2.71. The molecule has 0 saturated carbocycles. The molecular weight excluding hydrogens is 181 g/mol. The molecule has 14 heavy (non-hydrogen) atoms.